The van der Waals surface area contributed by atoms with E-state index in [2.05, 4.69) is 10.6 Å². The lowest BCUT2D eigenvalue weighted by Gasteiger charge is -2.06. The van der Waals surface area contributed by atoms with Gasteiger partial charge in [0, 0.05) is 23.1 Å². The van der Waals surface area contributed by atoms with E-state index in [0.717, 1.165) is 16.8 Å². The number of anilines is 1. The van der Waals surface area contributed by atoms with Gasteiger partial charge in [-0.15, -0.1) is 11.6 Å². The summed E-state index contributed by atoms with van der Waals surface area (Å²) in [7, 11) is 0. The van der Waals surface area contributed by atoms with Crippen molar-refractivity contribution in [3.05, 3.63) is 64.7 Å². The minimum absolute atomic E-state index is 0.261. The molecule has 0 heterocycles. The molecule has 0 fully saturated rings. The summed E-state index contributed by atoms with van der Waals surface area (Å²) in [6.45, 7) is 0.438. The zero-order chi connectivity index (χ0) is 15.8. The number of nitrogens with one attached hydrogen (secondary N) is 2. The Bertz CT molecular complexity index is 654. The van der Waals surface area contributed by atoms with Crippen LogP contribution in [0.1, 0.15) is 11.1 Å². The quantitative estimate of drug-likeness (QED) is 0.594. The first kappa shape index (κ1) is 16.4. The van der Waals surface area contributed by atoms with E-state index >= 15 is 0 Å². The van der Waals surface area contributed by atoms with Gasteiger partial charge in [-0.3, -0.25) is 0 Å². The van der Waals surface area contributed by atoms with Crippen LogP contribution in [0.25, 0.3) is 12.2 Å². The number of amides is 2. The molecule has 5 heteroatoms. The van der Waals surface area contributed by atoms with Crippen molar-refractivity contribution in [3.8, 4) is 0 Å². The molecule has 114 valence electrons. The van der Waals surface area contributed by atoms with Gasteiger partial charge >= 0.3 is 6.03 Å². The minimum atomic E-state index is -0.261. The highest BCUT2D eigenvalue weighted by Crippen LogP contribution is 2.15. The second kappa shape index (κ2) is 8.47. The van der Waals surface area contributed by atoms with Gasteiger partial charge in [-0.1, -0.05) is 48.0 Å². The molecule has 0 aliphatic heterocycles. The number of urea groups is 1. The number of alkyl halides is 1. The van der Waals surface area contributed by atoms with Gasteiger partial charge in [0.1, 0.15) is 0 Å². The SMILES string of the molecule is O=C(NCCCl)Nc1ccc(/C=C\c2cccc(Cl)c2)cc1. The molecule has 3 nitrogen and oxygen atoms in total. The number of benzene rings is 2. The van der Waals surface area contributed by atoms with Crippen LogP contribution in [0.2, 0.25) is 5.02 Å². The van der Waals surface area contributed by atoms with Crippen LogP contribution in [0.15, 0.2) is 48.5 Å². The number of rotatable bonds is 5. The fourth-order valence-electron chi connectivity index (χ4n) is 1.82. The van der Waals surface area contributed by atoms with Gasteiger partial charge in [0.05, 0.1) is 0 Å². The van der Waals surface area contributed by atoms with Crippen molar-refractivity contribution < 1.29 is 4.79 Å². The van der Waals surface area contributed by atoms with E-state index in [0.29, 0.717) is 17.4 Å². The average molecular weight is 335 g/mol. The first-order valence-electron chi connectivity index (χ1n) is 6.82. The normalized spacial score (nSPS) is 10.6. The summed E-state index contributed by atoms with van der Waals surface area (Å²) >= 11 is 11.4. The van der Waals surface area contributed by atoms with Crippen molar-refractivity contribution in [1.29, 1.82) is 0 Å². The summed E-state index contributed by atoms with van der Waals surface area (Å²) < 4.78 is 0. The maximum absolute atomic E-state index is 11.5. The Labute approximate surface area is 139 Å². The maximum atomic E-state index is 11.5. The highest BCUT2D eigenvalue weighted by molar-refractivity contribution is 6.30. The summed E-state index contributed by atoms with van der Waals surface area (Å²) in [5, 5.41) is 6.09. The Hall–Kier alpha value is -1.97. The first-order valence-corrected chi connectivity index (χ1v) is 7.73. The van der Waals surface area contributed by atoms with Crippen molar-refractivity contribution in [2.45, 2.75) is 0 Å². The molecule has 22 heavy (non-hydrogen) atoms. The van der Waals surface area contributed by atoms with Gasteiger partial charge < -0.3 is 10.6 Å². The Morgan fingerprint density at radius 1 is 1.05 bits per heavy atom. The lowest BCUT2D eigenvalue weighted by molar-refractivity contribution is 0.252. The smallest absolute Gasteiger partial charge is 0.319 e. The van der Waals surface area contributed by atoms with E-state index in [4.69, 9.17) is 23.2 Å². The number of halogens is 2. The Morgan fingerprint density at radius 3 is 2.45 bits per heavy atom. The highest BCUT2D eigenvalue weighted by atomic mass is 35.5. The number of carbonyl (C=O) groups excluding carboxylic acids is 1. The summed E-state index contributed by atoms with van der Waals surface area (Å²) in [4.78, 5) is 11.5. The molecule has 0 unspecified atom stereocenters. The van der Waals surface area contributed by atoms with Gasteiger partial charge in [-0.25, -0.2) is 4.79 Å². The molecule has 0 aliphatic carbocycles. The summed E-state index contributed by atoms with van der Waals surface area (Å²) in [6.07, 6.45) is 3.98. The zero-order valence-electron chi connectivity index (χ0n) is 11.9. The van der Waals surface area contributed by atoms with E-state index in [9.17, 15) is 4.79 Å². The molecule has 0 spiro atoms. The number of hydrogen-bond acceptors (Lipinski definition) is 1. The molecule has 2 aromatic carbocycles. The summed E-state index contributed by atoms with van der Waals surface area (Å²) in [5.41, 5.74) is 2.80. The molecule has 0 aliphatic rings. The van der Waals surface area contributed by atoms with Crippen LogP contribution in [-0.4, -0.2) is 18.5 Å². The second-order valence-corrected chi connectivity index (χ2v) is 5.39. The predicted octanol–water partition coefficient (Wildman–Crippen LogP) is 4.87. The van der Waals surface area contributed by atoms with Crippen LogP contribution in [0.3, 0.4) is 0 Å². The average Bonchev–Trinajstić information content (AvgIpc) is 2.52. The Kier molecular flexibility index (Phi) is 6.31. The summed E-state index contributed by atoms with van der Waals surface area (Å²) in [6, 6.07) is 14.9. The van der Waals surface area contributed by atoms with Gasteiger partial charge in [0.2, 0.25) is 0 Å². The molecule has 2 rings (SSSR count). The van der Waals surface area contributed by atoms with E-state index < -0.39 is 0 Å². The fourth-order valence-corrected chi connectivity index (χ4v) is 2.11. The predicted molar refractivity (Wildman–Crippen MR) is 94.6 cm³/mol. The van der Waals surface area contributed by atoms with Crippen LogP contribution < -0.4 is 10.6 Å². The van der Waals surface area contributed by atoms with E-state index in [1.807, 2.05) is 60.7 Å². The van der Waals surface area contributed by atoms with Crippen LogP contribution in [0.4, 0.5) is 10.5 Å². The molecule has 0 saturated carbocycles. The number of hydrogen-bond donors (Lipinski definition) is 2. The van der Waals surface area contributed by atoms with E-state index in [1.165, 1.54) is 0 Å². The Morgan fingerprint density at radius 2 is 1.77 bits per heavy atom. The summed E-state index contributed by atoms with van der Waals surface area (Å²) in [5.74, 6) is 0.390. The monoisotopic (exact) mass is 334 g/mol. The molecular formula is C17H16Cl2N2O. The van der Waals surface area contributed by atoms with Crippen molar-refractivity contribution in [2.75, 3.05) is 17.7 Å². The maximum Gasteiger partial charge on any atom is 0.319 e. The fraction of sp³-hybridized carbons (Fsp3) is 0.118. The molecule has 0 bridgehead atoms. The van der Waals surface area contributed by atoms with E-state index in [1.54, 1.807) is 0 Å². The standard InChI is InChI=1S/C17H16Cl2N2O/c18-10-11-20-17(22)21-16-8-6-13(7-9-16)4-5-14-2-1-3-15(19)12-14/h1-9,12H,10-11H2,(H2,20,21,22)/b5-4-. The van der Waals surface area contributed by atoms with Crippen LogP contribution in [-0.2, 0) is 0 Å². The lowest BCUT2D eigenvalue weighted by Crippen LogP contribution is -2.30. The van der Waals surface area contributed by atoms with Crippen LogP contribution in [0.5, 0.6) is 0 Å². The van der Waals surface area contributed by atoms with Crippen molar-refractivity contribution in [1.82, 2.24) is 5.32 Å². The molecule has 0 saturated heterocycles. The third-order valence-corrected chi connectivity index (χ3v) is 3.29. The molecule has 2 aromatic rings. The van der Waals surface area contributed by atoms with Gasteiger partial charge in [0.25, 0.3) is 0 Å². The molecule has 0 atom stereocenters. The first-order chi connectivity index (χ1) is 10.7. The largest absolute Gasteiger partial charge is 0.337 e. The minimum Gasteiger partial charge on any atom is -0.337 e. The molecule has 0 radical (unpaired) electrons. The third kappa shape index (κ3) is 5.43. The molecule has 2 N–H and O–H groups in total. The Balaban J connectivity index is 1.95. The topological polar surface area (TPSA) is 41.1 Å². The third-order valence-electron chi connectivity index (χ3n) is 2.87. The van der Waals surface area contributed by atoms with Crippen LogP contribution in [0, 0.1) is 0 Å². The van der Waals surface area contributed by atoms with Gasteiger partial charge in [0.15, 0.2) is 0 Å². The van der Waals surface area contributed by atoms with Crippen LogP contribution >= 0.6 is 23.2 Å². The zero-order valence-corrected chi connectivity index (χ0v) is 13.4. The van der Waals surface area contributed by atoms with Crippen molar-refractivity contribution in [3.63, 3.8) is 0 Å². The number of carbonyl (C=O) groups is 1. The lowest BCUT2D eigenvalue weighted by atomic mass is 10.1. The van der Waals surface area contributed by atoms with E-state index in [-0.39, 0.29) is 6.03 Å². The van der Waals surface area contributed by atoms with Gasteiger partial charge in [-0.2, -0.15) is 0 Å². The molecule has 2 amide bonds. The molecular weight excluding hydrogens is 319 g/mol. The van der Waals surface area contributed by atoms with Crippen molar-refractivity contribution in [2.24, 2.45) is 0 Å². The van der Waals surface area contributed by atoms with Crippen molar-refractivity contribution >= 4 is 47.1 Å². The molecule has 0 aromatic heterocycles. The second-order valence-electron chi connectivity index (χ2n) is 4.58. The van der Waals surface area contributed by atoms with Gasteiger partial charge in [-0.05, 0) is 35.4 Å². The highest BCUT2D eigenvalue weighted by Gasteiger charge is 1.99.